The average Bonchev–Trinajstić information content (AvgIpc) is 2.65. The van der Waals surface area contributed by atoms with Crippen LogP contribution in [0, 0.1) is 0 Å². The zero-order valence-electron chi connectivity index (χ0n) is 15.2. The van der Waals surface area contributed by atoms with Crippen molar-refractivity contribution >= 4 is 0 Å². The minimum absolute atomic E-state index is 0.171. The van der Waals surface area contributed by atoms with Gasteiger partial charge in [-0.1, -0.05) is 48.5 Å². The van der Waals surface area contributed by atoms with Crippen molar-refractivity contribution in [3.8, 4) is 5.75 Å². The quantitative estimate of drug-likeness (QED) is 0.680. The molecule has 0 N–H and O–H groups in total. The molecule has 2 aromatic carbocycles. The fourth-order valence-electron chi connectivity index (χ4n) is 3.29. The van der Waals surface area contributed by atoms with E-state index in [4.69, 9.17) is 9.47 Å². The molecule has 2 aromatic rings. The Morgan fingerprint density at radius 3 is 2.60 bits per heavy atom. The van der Waals surface area contributed by atoms with Crippen molar-refractivity contribution in [3.05, 3.63) is 65.7 Å². The van der Waals surface area contributed by atoms with Crippen LogP contribution in [0.3, 0.4) is 0 Å². The van der Waals surface area contributed by atoms with Gasteiger partial charge in [-0.3, -0.25) is 0 Å². The van der Waals surface area contributed by atoms with Gasteiger partial charge in [0.15, 0.2) is 0 Å². The number of para-hydroxylation sites is 1. The summed E-state index contributed by atoms with van der Waals surface area (Å²) in [5.41, 5.74) is 2.73. The van der Waals surface area contributed by atoms with E-state index in [1.807, 2.05) is 0 Å². The van der Waals surface area contributed by atoms with Crippen molar-refractivity contribution in [1.29, 1.82) is 0 Å². The fraction of sp³-hybridized carbons (Fsp3) is 0.455. The van der Waals surface area contributed by atoms with E-state index >= 15 is 0 Å². The molecule has 1 heterocycles. The van der Waals surface area contributed by atoms with Crippen LogP contribution in [0.5, 0.6) is 5.75 Å². The highest BCUT2D eigenvalue weighted by atomic mass is 16.5. The summed E-state index contributed by atoms with van der Waals surface area (Å²) in [6.07, 6.45) is 4.76. The number of morpholine rings is 1. The average molecular weight is 339 g/mol. The van der Waals surface area contributed by atoms with Gasteiger partial charge in [-0.2, -0.15) is 0 Å². The maximum absolute atomic E-state index is 6.09. The predicted octanol–water partition coefficient (Wildman–Crippen LogP) is 3.96. The first-order valence-electron chi connectivity index (χ1n) is 9.36. The Bertz CT molecular complexity index is 629. The Morgan fingerprint density at radius 2 is 1.76 bits per heavy atom. The van der Waals surface area contributed by atoms with Gasteiger partial charge in [-0.15, -0.1) is 0 Å². The highest BCUT2D eigenvalue weighted by Crippen LogP contribution is 2.21. The first-order valence-corrected chi connectivity index (χ1v) is 9.36. The van der Waals surface area contributed by atoms with Crippen LogP contribution in [0.15, 0.2) is 54.6 Å². The number of ether oxygens (including phenoxy) is 2. The van der Waals surface area contributed by atoms with E-state index in [9.17, 15) is 0 Å². The first kappa shape index (κ1) is 18.0. The molecule has 0 saturated carbocycles. The summed E-state index contributed by atoms with van der Waals surface area (Å²) in [6, 6.07) is 19.1. The van der Waals surface area contributed by atoms with Crippen LogP contribution in [0.2, 0.25) is 0 Å². The number of aryl methyl sites for hydroxylation is 2. The van der Waals surface area contributed by atoms with Crippen LogP contribution in [0.4, 0.5) is 0 Å². The molecule has 1 aliphatic heterocycles. The van der Waals surface area contributed by atoms with Gasteiger partial charge in [0.25, 0.3) is 0 Å². The summed E-state index contributed by atoms with van der Waals surface area (Å²) in [4.78, 5) is 2.30. The summed E-state index contributed by atoms with van der Waals surface area (Å²) >= 11 is 0. The summed E-state index contributed by atoms with van der Waals surface area (Å²) < 4.78 is 11.9. The van der Waals surface area contributed by atoms with Gasteiger partial charge in [0.05, 0.1) is 6.61 Å². The molecule has 25 heavy (non-hydrogen) atoms. The topological polar surface area (TPSA) is 21.7 Å². The van der Waals surface area contributed by atoms with E-state index in [1.54, 1.807) is 0 Å². The lowest BCUT2D eigenvalue weighted by Crippen LogP contribution is -2.42. The van der Waals surface area contributed by atoms with Crippen LogP contribution < -0.4 is 4.74 Å². The summed E-state index contributed by atoms with van der Waals surface area (Å²) in [5.74, 6) is 1.01. The van der Waals surface area contributed by atoms with Gasteiger partial charge in [0, 0.05) is 13.1 Å². The van der Waals surface area contributed by atoms with Crippen LogP contribution in [-0.4, -0.2) is 44.4 Å². The standard InChI is InChI=1S/C22H29NO2/c1-23-15-16-24-21(17-23)18-25-22-14-8-7-13-20(22)12-6-5-11-19-9-3-2-4-10-19/h2-4,7-10,13-14,21H,5-6,11-12,15-18H2,1H3. The molecule has 0 amide bonds. The maximum Gasteiger partial charge on any atom is 0.122 e. The molecule has 0 spiro atoms. The molecule has 0 bridgehead atoms. The molecule has 3 rings (SSSR count). The Balaban J connectivity index is 1.45. The minimum atomic E-state index is 0.171. The Morgan fingerprint density at radius 1 is 1.00 bits per heavy atom. The predicted molar refractivity (Wildman–Crippen MR) is 102 cm³/mol. The third-order valence-electron chi connectivity index (χ3n) is 4.74. The van der Waals surface area contributed by atoms with Crippen molar-refractivity contribution in [1.82, 2.24) is 4.90 Å². The molecule has 0 aliphatic carbocycles. The molecule has 1 unspecified atom stereocenters. The Kier molecular flexibility index (Phi) is 6.89. The van der Waals surface area contributed by atoms with Gasteiger partial charge >= 0.3 is 0 Å². The Labute approximate surface area is 151 Å². The molecule has 1 aliphatic rings. The van der Waals surface area contributed by atoms with Crippen molar-refractivity contribution < 1.29 is 9.47 Å². The minimum Gasteiger partial charge on any atom is -0.491 e. The lowest BCUT2D eigenvalue weighted by atomic mass is 10.0. The second-order valence-electron chi connectivity index (χ2n) is 6.87. The third kappa shape index (κ3) is 5.87. The van der Waals surface area contributed by atoms with E-state index in [-0.39, 0.29) is 6.10 Å². The molecular formula is C22H29NO2. The zero-order valence-corrected chi connectivity index (χ0v) is 15.2. The van der Waals surface area contributed by atoms with Crippen LogP contribution in [0.1, 0.15) is 24.0 Å². The zero-order chi connectivity index (χ0) is 17.3. The van der Waals surface area contributed by atoms with E-state index in [1.165, 1.54) is 24.0 Å². The van der Waals surface area contributed by atoms with Gasteiger partial charge in [-0.25, -0.2) is 0 Å². The van der Waals surface area contributed by atoms with Gasteiger partial charge < -0.3 is 14.4 Å². The van der Waals surface area contributed by atoms with Gasteiger partial charge in [-0.05, 0) is 49.9 Å². The molecule has 0 radical (unpaired) electrons. The number of rotatable bonds is 8. The van der Waals surface area contributed by atoms with Crippen LogP contribution in [-0.2, 0) is 17.6 Å². The van der Waals surface area contributed by atoms with Crippen molar-refractivity contribution in [2.45, 2.75) is 31.8 Å². The normalized spacial score (nSPS) is 18.2. The van der Waals surface area contributed by atoms with Crippen molar-refractivity contribution in [2.75, 3.05) is 33.4 Å². The molecule has 134 valence electrons. The smallest absolute Gasteiger partial charge is 0.122 e. The second kappa shape index (κ2) is 9.59. The van der Waals surface area contributed by atoms with Crippen LogP contribution >= 0.6 is 0 Å². The number of hydrogen-bond acceptors (Lipinski definition) is 3. The van der Waals surface area contributed by atoms with Gasteiger partial charge in [0.2, 0.25) is 0 Å². The van der Waals surface area contributed by atoms with Crippen molar-refractivity contribution in [3.63, 3.8) is 0 Å². The Hall–Kier alpha value is -1.84. The van der Waals surface area contributed by atoms with E-state index in [0.29, 0.717) is 6.61 Å². The number of hydrogen-bond donors (Lipinski definition) is 0. The van der Waals surface area contributed by atoms with E-state index in [0.717, 1.165) is 38.3 Å². The number of nitrogens with zero attached hydrogens (tertiary/aromatic N) is 1. The van der Waals surface area contributed by atoms with E-state index < -0.39 is 0 Å². The lowest BCUT2D eigenvalue weighted by molar-refractivity contribution is -0.0404. The number of unbranched alkanes of at least 4 members (excludes halogenated alkanes) is 1. The molecule has 1 saturated heterocycles. The molecule has 0 aromatic heterocycles. The highest BCUT2D eigenvalue weighted by molar-refractivity contribution is 5.33. The van der Waals surface area contributed by atoms with Gasteiger partial charge in [0.1, 0.15) is 18.5 Å². The second-order valence-corrected chi connectivity index (χ2v) is 6.87. The van der Waals surface area contributed by atoms with Crippen LogP contribution in [0.25, 0.3) is 0 Å². The maximum atomic E-state index is 6.09. The molecular weight excluding hydrogens is 310 g/mol. The number of benzene rings is 2. The van der Waals surface area contributed by atoms with Crippen molar-refractivity contribution in [2.24, 2.45) is 0 Å². The summed E-state index contributed by atoms with van der Waals surface area (Å²) in [6.45, 7) is 3.38. The van der Waals surface area contributed by atoms with E-state index in [2.05, 4.69) is 66.5 Å². The highest BCUT2D eigenvalue weighted by Gasteiger charge is 2.18. The summed E-state index contributed by atoms with van der Waals surface area (Å²) in [5, 5.41) is 0. The first-order chi connectivity index (χ1) is 12.3. The molecule has 3 nitrogen and oxygen atoms in total. The summed E-state index contributed by atoms with van der Waals surface area (Å²) in [7, 11) is 2.14. The third-order valence-corrected chi connectivity index (χ3v) is 4.74. The monoisotopic (exact) mass is 339 g/mol. The molecule has 3 heteroatoms. The molecule has 1 fully saturated rings. The largest absolute Gasteiger partial charge is 0.491 e. The fourth-order valence-corrected chi connectivity index (χ4v) is 3.29. The SMILES string of the molecule is CN1CCOC(COc2ccccc2CCCCc2ccccc2)C1. The number of likely N-dealkylation sites (N-methyl/N-ethyl adjacent to an activating group) is 1. The molecule has 1 atom stereocenters. The lowest BCUT2D eigenvalue weighted by Gasteiger charge is -2.30.